The van der Waals surface area contributed by atoms with Crippen LogP contribution in [0.3, 0.4) is 0 Å². The molecule has 4 rings (SSSR count). The van der Waals surface area contributed by atoms with E-state index in [0.717, 1.165) is 0 Å². The number of ether oxygens (including phenoxy) is 1. The first kappa shape index (κ1) is 20.5. The number of amides is 3. The maximum atomic E-state index is 12.6. The molecule has 2 unspecified atom stereocenters. The summed E-state index contributed by atoms with van der Waals surface area (Å²) in [5.74, 6) is -0.736. The highest BCUT2D eigenvalue weighted by Crippen LogP contribution is 2.48. The minimum Gasteiger partial charge on any atom is -0.380 e. The van der Waals surface area contributed by atoms with Crippen LogP contribution >= 0.6 is 23.2 Å². The molecule has 2 aromatic rings. The van der Waals surface area contributed by atoms with Gasteiger partial charge in [-0.3, -0.25) is 9.48 Å². The van der Waals surface area contributed by atoms with Crippen molar-refractivity contribution in [3.63, 3.8) is 0 Å². The minimum absolute atomic E-state index is 0.101. The summed E-state index contributed by atoms with van der Waals surface area (Å²) in [6.07, 6.45) is 0.378. The first-order valence-electron chi connectivity index (χ1n) is 9.20. The number of halogens is 2. The van der Waals surface area contributed by atoms with Crippen LogP contribution in [0.15, 0.2) is 18.2 Å². The molecule has 1 aromatic heterocycles. The average molecular weight is 449 g/mol. The second-order valence-electron chi connectivity index (χ2n) is 7.33. The molecule has 0 bridgehead atoms. The van der Waals surface area contributed by atoms with Gasteiger partial charge in [0.2, 0.25) is 0 Å². The Morgan fingerprint density at radius 1 is 1.27 bits per heavy atom. The lowest BCUT2D eigenvalue weighted by Gasteiger charge is -2.42. The fourth-order valence-corrected chi connectivity index (χ4v) is 4.53. The van der Waals surface area contributed by atoms with Crippen molar-refractivity contribution in [3.05, 3.63) is 39.5 Å². The average Bonchev–Trinajstić information content (AvgIpc) is 3.34. The summed E-state index contributed by atoms with van der Waals surface area (Å²) < 4.78 is 7.10. The summed E-state index contributed by atoms with van der Waals surface area (Å²) in [6, 6.07) is 5.63. The largest absolute Gasteiger partial charge is 0.380 e. The van der Waals surface area contributed by atoms with Crippen LogP contribution in [0.25, 0.3) is 11.3 Å². The molecule has 1 fully saturated rings. The van der Waals surface area contributed by atoms with Crippen molar-refractivity contribution in [3.8, 4) is 17.3 Å². The van der Waals surface area contributed by atoms with E-state index in [-0.39, 0.29) is 18.7 Å². The zero-order valence-electron chi connectivity index (χ0n) is 15.8. The summed E-state index contributed by atoms with van der Waals surface area (Å²) in [7, 11) is 0. The molecule has 1 aromatic carbocycles. The second-order valence-corrected chi connectivity index (χ2v) is 8.14. The molecule has 0 saturated carbocycles. The Morgan fingerprint density at radius 2 is 2.03 bits per heavy atom. The maximum Gasteiger partial charge on any atom is 0.315 e. The molecule has 156 valence electrons. The number of nitrogens with zero attached hydrogens (tertiary/aromatic N) is 4. The van der Waals surface area contributed by atoms with Crippen LogP contribution in [-0.4, -0.2) is 46.4 Å². The van der Waals surface area contributed by atoms with Gasteiger partial charge in [-0.2, -0.15) is 10.4 Å². The van der Waals surface area contributed by atoms with Gasteiger partial charge >= 0.3 is 6.03 Å². The van der Waals surface area contributed by atoms with Crippen molar-refractivity contribution in [1.29, 1.82) is 5.26 Å². The summed E-state index contributed by atoms with van der Waals surface area (Å²) in [6.45, 7) is 0.982. The Bertz CT molecular complexity index is 1090. The molecule has 0 radical (unpaired) electrons. The highest BCUT2D eigenvalue weighted by Gasteiger charge is 2.52. The van der Waals surface area contributed by atoms with E-state index in [1.54, 1.807) is 22.9 Å². The van der Waals surface area contributed by atoms with Gasteiger partial charge in [0.1, 0.15) is 11.1 Å². The Morgan fingerprint density at radius 3 is 2.60 bits per heavy atom. The molecule has 2 aliphatic heterocycles. The normalized spacial score (nSPS) is 23.1. The Kier molecular flexibility index (Phi) is 5.10. The number of rotatable bonds is 3. The molecule has 0 spiro atoms. The van der Waals surface area contributed by atoms with Gasteiger partial charge in [0.05, 0.1) is 46.6 Å². The van der Waals surface area contributed by atoms with Gasteiger partial charge in [0.25, 0.3) is 5.91 Å². The highest BCUT2D eigenvalue weighted by atomic mass is 35.5. The van der Waals surface area contributed by atoms with Crippen LogP contribution in [0, 0.1) is 16.7 Å². The van der Waals surface area contributed by atoms with Gasteiger partial charge in [-0.15, -0.1) is 0 Å². The smallest absolute Gasteiger partial charge is 0.315 e. The van der Waals surface area contributed by atoms with E-state index in [4.69, 9.17) is 39.4 Å². The number of hydrogen-bond donors (Lipinski definition) is 2. The Labute approximate surface area is 182 Å². The number of aromatic nitrogens is 2. The van der Waals surface area contributed by atoms with Crippen molar-refractivity contribution in [2.75, 3.05) is 19.8 Å². The molecular weight excluding hydrogens is 431 g/mol. The topological polar surface area (TPSA) is 140 Å². The van der Waals surface area contributed by atoms with Gasteiger partial charge in [-0.25, -0.2) is 4.79 Å². The molecule has 11 heteroatoms. The number of nitriles is 1. The fourth-order valence-electron chi connectivity index (χ4n) is 4.23. The number of nitrogens with two attached hydrogens (primary N) is 2. The monoisotopic (exact) mass is 448 g/mol. The van der Waals surface area contributed by atoms with Crippen LogP contribution in [0.1, 0.15) is 28.5 Å². The highest BCUT2D eigenvalue weighted by molar-refractivity contribution is 6.42. The van der Waals surface area contributed by atoms with Crippen molar-refractivity contribution in [2.24, 2.45) is 16.9 Å². The van der Waals surface area contributed by atoms with Crippen molar-refractivity contribution in [2.45, 2.75) is 19.0 Å². The van der Waals surface area contributed by atoms with Gasteiger partial charge in [0, 0.05) is 18.7 Å². The van der Waals surface area contributed by atoms with E-state index in [9.17, 15) is 14.9 Å². The fraction of sp³-hybridized carbons (Fsp3) is 0.368. The van der Waals surface area contributed by atoms with E-state index in [0.29, 0.717) is 46.6 Å². The van der Waals surface area contributed by atoms with E-state index >= 15 is 0 Å². The third-order valence-electron chi connectivity index (χ3n) is 5.64. The quantitative estimate of drug-likeness (QED) is 0.740. The number of fused-ring (bicyclic) bond motifs is 1. The Hall–Kier alpha value is -2.80. The summed E-state index contributed by atoms with van der Waals surface area (Å²) in [5.41, 5.74) is 11.7. The van der Waals surface area contributed by atoms with Crippen LogP contribution < -0.4 is 11.5 Å². The lowest BCUT2D eigenvalue weighted by atomic mass is 9.76. The van der Waals surface area contributed by atoms with E-state index in [2.05, 4.69) is 11.2 Å². The molecule has 30 heavy (non-hydrogen) atoms. The number of hydrogen-bond acceptors (Lipinski definition) is 5. The molecular formula is C19H18Cl2N6O3. The summed E-state index contributed by atoms with van der Waals surface area (Å²) >= 11 is 12.2. The van der Waals surface area contributed by atoms with Gasteiger partial charge < -0.3 is 21.1 Å². The van der Waals surface area contributed by atoms with Crippen molar-refractivity contribution >= 4 is 35.1 Å². The Balaban J connectivity index is 1.98. The molecule has 3 heterocycles. The number of carbonyl (C=O) groups excluding carboxylic acids is 2. The minimum atomic E-state index is -1.08. The predicted octanol–water partition coefficient (Wildman–Crippen LogP) is 2.32. The number of primary amides is 2. The number of urea groups is 1. The summed E-state index contributed by atoms with van der Waals surface area (Å²) in [4.78, 5) is 26.2. The third-order valence-corrected chi connectivity index (χ3v) is 6.37. The molecule has 2 aliphatic rings. The zero-order chi connectivity index (χ0) is 21.6. The van der Waals surface area contributed by atoms with Crippen LogP contribution in [-0.2, 0) is 11.3 Å². The molecule has 9 nitrogen and oxygen atoms in total. The number of benzene rings is 1. The SMILES string of the molecule is N#CC1(C2c3c(C(N)=O)c(-c4ccc(Cl)c(Cl)c4)nn3CCN2C(N)=O)CCOC1. The van der Waals surface area contributed by atoms with Gasteiger partial charge in [-0.1, -0.05) is 29.3 Å². The molecule has 4 N–H and O–H groups in total. The van der Waals surface area contributed by atoms with Crippen molar-refractivity contribution in [1.82, 2.24) is 14.7 Å². The first-order chi connectivity index (χ1) is 14.3. The predicted molar refractivity (Wildman–Crippen MR) is 109 cm³/mol. The summed E-state index contributed by atoms with van der Waals surface area (Å²) in [5, 5.41) is 15.3. The maximum absolute atomic E-state index is 12.6. The lowest BCUT2D eigenvalue weighted by Crippen LogP contribution is -2.52. The van der Waals surface area contributed by atoms with Crippen LogP contribution in [0.4, 0.5) is 4.79 Å². The third kappa shape index (κ3) is 3.08. The molecule has 3 amide bonds. The number of carbonyl (C=O) groups is 2. The molecule has 2 atom stereocenters. The van der Waals surface area contributed by atoms with E-state index in [1.165, 1.54) is 4.90 Å². The van der Waals surface area contributed by atoms with Gasteiger partial charge in [0.15, 0.2) is 0 Å². The second kappa shape index (κ2) is 7.47. The first-order valence-corrected chi connectivity index (χ1v) is 9.95. The molecule has 1 saturated heterocycles. The van der Waals surface area contributed by atoms with Crippen LogP contribution in [0.5, 0.6) is 0 Å². The van der Waals surface area contributed by atoms with Crippen LogP contribution in [0.2, 0.25) is 10.0 Å². The molecule has 0 aliphatic carbocycles. The van der Waals surface area contributed by atoms with Crippen molar-refractivity contribution < 1.29 is 14.3 Å². The lowest BCUT2D eigenvalue weighted by molar-refractivity contribution is 0.0779. The van der Waals surface area contributed by atoms with E-state index in [1.807, 2.05) is 0 Å². The zero-order valence-corrected chi connectivity index (χ0v) is 17.3. The van der Waals surface area contributed by atoms with Gasteiger partial charge in [-0.05, 0) is 18.6 Å². The standard InChI is InChI=1S/C19H18Cl2N6O3/c20-11-2-1-10(7-12(11)21)14-13(17(23)28)15-16(19(8-22)3-6-30-9-19)26(18(24)29)4-5-27(15)25-14/h1-2,7,16H,3-6,9H2,(H2,23,28)(H2,24,29). The van der Waals surface area contributed by atoms with E-state index < -0.39 is 23.4 Å².